The molecular formula is C17H11BrN2O6. The van der Waals surface area contributed by atoms with E-state index in [2.05, 4.69) is 15.9 Å². The highest BCUT2D eigenvalue weighted by Crippen LogP contribution is 2.24. The summed E-state index contributed by atoms with van der Waals surface area (Å²) >= 11 is 3.28. The van der Waals surface area contributed by atoms with Gasteiger partial charge in [0.1, 0.15) is 12.2 Å². The molecule has 0 fully saturated rings. The minimum Gasteiger partial charge on any atom is -0.457 e. The van der Waals surface area contributed by atoms with Crippen LogP contribution in [0.1, 0.15) is 15.9 Å². The number of carbonyl (C=O) groups is 1. The second-order valence-electron chi connectivity index (χ2n) is 5.34. The van der Waals surface area contributed by atoms with E-state index in [0.29, 0.717) is 16.5 Å². The summed E-state index contributed by atoms with van der Waals surface area (Å²) in [4.78, 5) is 34.1. The van der Waals surface area contributed by atoms with Crippen molar-refractivity contribution in [2.75, 3.05) is 5.73 Å². The van der Waals surface area contributed by atoms with Crippen molar-refractivity contribution in [3.05, 3.63) is 78.6 Å². The van der Waals surface area contributed by atoms with Crippen molar-refractivity contribution >= 4 is 44.2 Å². The molecule has 0 unspecified atom stereocenters. The molecule has 0 radical (unpaired) electrons. The maximum atomic E-state index is 12.3. The maximum absolute atomic E-state index is 12.3. The van der Waals surface area contributed by atoms with Crippen LogP contribution in [-0.2, 0) is 11.3 Å². The lowest BCUT2D eigenvalue weighted by atomic mass is 10.1. The number of rotatable bonds is 4. The first-order chi connectivity index (χ1) is 12.3. The van der Waals surface area contributed by atoms with Gasteiger partial charge < -0.3 is 14.9 Å². The van der Waals surface area contributed by atoms with Gasteiger partial charge in [-0.1, -0.05) is 15.9 Å². The molecule has 0 saturated heterocycles. The Labute approximate surface area is 154 Å². The molecule has 0 aliphatic rings. The van der Waals surface area contributed by atoms with Crippen LogP contribution in [0.25, 0.3) is 11.0 Å². The number of carbonyl (C=O) groups excluding carboxylic acids is 1. The quantitative estimate of drug-likeness (QED) is 0.226. The summed E-state index contributed by atoms with van der Waals surface area (Å²) in [6.07, 6.45) is 0. The number of nitrogens with zero attached hydrogens (tertiary/aromatic N) is 1. The van der Waals surface area contributed by atoms with Crippen molar-refractivity contribution in [3.8, 4) is 0 Å². The van der Waals surface area contributed by atoms with Gasteiger partial charge in [-0.05, 0) is 24.3 Å². The molecule has 0 saturated carbocycles. The molecule has 26 heavy (non-hydrogen) atoms. The van der Waals surface area contributed by atoms with Crippen LogP contribution in [0.5, 0.6) is 0 Å². The van der Waals surface area contributed by atoms with Gasteiger partial charge in [0.15, 0.2) is 0 Å². The number of hydrogen-bond acceptors (Lipinski definition) is 7. The molecule has 0 bridgehead atoms. The number of esters is 1. The minimum absolute atomic E-state index is 0.0574. The van der Waals surface area contributed by atoms with E-state index in [4.69, 9.17) is 14.9 Å². The summed E-state index contributed by atoms with van der Waals surface area (Å²) in [6, 6.07) is 9.82. The Kier molecular flexibility index (Phi) is 4.72. The first-order valence-electron chi connectivity index (χ1n) is 7.28. The average molecular weight is 419 g/mol. The molecule has 8 nitrogen and oxygen atoms in total. The fourth-order valence-electron chi connectivity index (χ4n) is 2.38. The number of nitrogens with two attached hydrogens (primary N) is 1. The van der Waals surface area contributed by atoms with Gasteiger partial charge in [0, 0.05) is 39.3 Å². The second kappa shape index (κ2) is 6.96. The van der Waals surface area contributed by atoms with Gasteiger partial charge in [0.05, 0.1) is 10.5 Å². The highest BCUT2D eigenvalue weighted by Gasteiger charge is 2.17. The van der Waals surface area contributed by atoms with Crippen LogP contribution in [0.4, 0.5) is 11.4 Å². The minimum atomic E-state index is -0.829. The molecule has 3 rings (SSSR count). The number of nitro groups is 1. The normalized spacial score (nSPS) is 10.7. The molecule has 9 heteroatoms. The van der Waals surface area contributed by atoms with Crippen molar-refractivity contribution in [2.24, 2.45) is 0 Å². The lowest BCUT2D eigenvalue weighted by Crippen LogP contribution is -2.10. The highest BCUT2D eigenvalue weighted by atomic mass is 79.9. The number of fused-ring (bicyclic) bond motifs is 1. The average Bonchev–Trinajstić information content (AvgIpc) is 2.59. The molecule has 0 aliphatic heterocycles. The van der Waals surface area contributed by atoms with E-state index in [1.165, 1.54) is 18.2 Å². The summed E-state index contributed by atoms with van der Waals surface area (Å²) in [5, 5.41) is 11.4. The Morgan fingerprint density at radius 3 is 2.73 bits per heavy atom. The molecule has 2 aromatic carbocycles. The lowest BCUT2D eigenvalue weighted by molar-refractivity contribution is -0.384. The predicted octanol–water partition coefficient (Wildman–Crippen LogP) is 3.40. The molecule has 0 atom stereocenters. The number of ether oxygens (including phenoxy) is 1. The number of anilines is 1. The lowest BCUT2D eigenvalue weighted by Gasteiger charge is -2.09. The Balaban J connectivity index is 1.89. The largest absolute Gasteiger partial charge is 0.457 e. The van der Waals surface area contributed by atoms with Gasteiger partial charge in [-0.15, -0.1) is 0 Å². The van der Waals surface area contributed by atoms with Gasteiger partial charge in [-0.2, -0.15) is 0 Å². The third-order valence-electron chi connectivity index (χ3n) is 3.62. The van der Waals surface area contributed by atoms with Crippen LogP contribution >= 0.6 is 15.9 Å². The first kappa shape index (κ1) is 17.6. The number of hydrogen-bond donors (Lipinski definition) is 1. The summed E-state index contributed by atoms with van der Waals surface area (Å²) in [6.45, 7) is -0.218. The smallest absolute Gasteiger partial charge is 0.340 e. The standard InChI is InChI=1S/C17H11BrN2O6/c18-10-1-3-12-9(5-16(21)26-15(12)6-10)8-25-17(22)13-7-11(20(23)24)2-4-14(13)19/h1-7H,8,19H2. The Hall–Kier alpha value is -3.20. The zero-order valence-electron chi connectivity index (χ0n) is 13.1. The van der Waals surface area contributed by atoms with Crippen LogP contribution in [0.2, 0.25) is 0 Å². The van der Waals surface area contributed by atoms with Crippen molar-refractivity contribution in [2.45, 2.75) is 6.61 Å². The number of nitrogen functional groups attached to an aromatic ring is 1. The van der Waals surface area contributed by atoms with Gasteiger partial charge in [0.2, 0.25) is 0 Å². The van der Waals surface area contributed by atoms with Crippen molar-refractivity contribution in [1.29, 1.82) is 0 Å². The van der Waals surface area contributed by atoms with Crippen LogP contribution in [0.3, 0.4) is 0 Å². The number of non-ortho nitro benzene ring substituents is 1. The molecule has 132 valence electrons. The number of nitro benzene ring substituents is 1. The molecular weight excluding hydrogens is 408 g/mol. The Morgan fingerprint density at radius 1 is 1.23 bits per heavy atom. The number of halogens is 1. The van der Waals surface area contributed by atoms with E-state index < -0.39 is 16.5 Å². The zero-order valence-corrected chi connectivity index (χ0v) is 14.7. The predicted molar refractivity (Wildman–Crippen MR) is 96.8 cm³/mol. The SMILES string of the molecule is Nc1ccc([N+](=O)[O-])cc1C(=O)OCc1cc(=O)oc2cc(Br)ccc12. The molecule has 0 amide bonds. The van der Waals surface area contributed by atoms with Gasteiger partial charge in [-0.25, -0.2) is 9.59 Å². The maximum Gasteiger partial charge on any atom is 0.340 e. The Bertz CT molecular complexity index is 1090. The van der Waals surface area contributed by atoms with E-state index in [9.17, 15) is 19.7 Å². The second-order valence-corrected chi connectivity index (χ2v) is 6.25. The van der Waals surface area contributed by atoms with Crippen molar-refractivity contribution in [1.82, 2.24) is 0 Å². The molecule has 1 aromatic heterocycles. The van der Waals surface area contributed by atoms with Crippen LogP contribution < -0.4 is 11.4 Å². The molecule has 0 spiro atoms. The van der Waals surface area contributed by atoms with Gasteiger partial charge >= 0.3 is 11.6 Å². The van der Waals surface area contributed by atoms with E-state index in [0.717, 1.165) is 10.5 Å². The highest BCUT2D eigenvalue weighted by molar-refractivity contribution is 9.10. The first-order valence-corrected chi connectivity index (χ1v) is 8.08. The number of benzene rings is 2. The fourth-order valence-corrected chi connectivity index (χ4v) is 2.72. The molecule has 3 aromatic rings. The third kappa shape index (κ3) is 3.57. The van der Waals surface area contributed by atoms with Crippen LogP contribution in [0.15, 0.2) is 56.1 Å². The molecule has 1 heterocycles. The summed E-state index contributed by atoms with van der Waals surface area (Å²) in [7, 11) is 0. The van der Waals surface area contributed by atoms with E-state index in [1.54, 1.807) is 18.2 Å². The molecule has 2 N–H and O–H groups in total. The monoisotopic (exact) mass is 418 g/mol. The van der Waals surface area contributed by atoms with Crippen LogP contribution in [-0.4, -0.2) is 10.9 Å². The summed E-state index contributed by atoms with van der Waals surface area (Å²) < 4.78 is 11.0. The van der Waals surface area contributed by atoms with E-state index >= 15 is 0 Å². The van der Waals surface area contributed by atoms with E-state index in [-0.39, 0.29) is 23.5 Å². The van der Waals surface area contributed by atoms with Crippen molar-refractivity contribution in [3.63, 3.8) is 0 Å². The Morgan fingerprint density at radius 2 is 2.00 bits per heavy atom. The summed E-state index contributed by atoms with van der Waals surface area (Å²) in [5.74, 6) is -0.829. The fraction of sp³-hybridized carbons (Fsp3) is 0.0588. The van der Waals surface area contributed by atoms with Crippen LogP contribution in [0, 0.1) is 10.1 Å². The van der Waals surface area contributed by atoms with Crippen molar-refractivity contribution < 1.29 is 18.9 Å². The zero-order chi connectivity index (χ0) is 18.8. The van der Waals surface area contributed by atoms with E-state index in [1.807, 2.05) is 0 Å². The van der Waals surface area contributed by atoms with Gasteiger partial charge in [-0.3, -0.25) is 10.1 Å². The van der Waals surface area contributed by atoms with Gasteiger partial charge in [0.25, 0.3) is 5.69 Å². The summed E-state index contributed by atoms with van der Waals surface area (Å²) in [5.41, 5.74) is 5.56. The third-order valence-corrected chi connectivity index (χ3v) is 4.11. The topological polar surface area (TPSA) is 126 Å². The molecule has 0 aliphatic carbocycles.